The molecule has 2 aromatic heterocycles. The lowest BCUT2D eigenvalue weighted by Crippen LogP contribution is -2.30. The van der Waals surface area contributed by atoms with Gasteiger partial charge < -0.3 is 5.32 Å². The van der Waals surface area contributed by atoms with Crippen molar-refractivity contribution in [3.63, 3.8) is 0 Å². The third-order valence-corrected chi connectivity index (χ3v) is 4.26. The highest BCUT2D eigenvalue weighted by Crippen LogP contribution is 2.19. The normalized spacial score (nSPS) is 12.9. The molecule has 0 aliphatic rings. The molecule has 2 heterocycles. The number of hydrogen-bond acceptors (Lipinski definition) is 5. The number of rotatable bonds is 5. The van der Waals surface area contributed by atoms with E-state index in [1.54, 1.807) is 0 Å². The second kappa shape index (κ2) is 6.06. The van der Waals surface area contributed by atoms with Crippen LogP contribution >= 0.6 is 11.6 Å². The molecule has 0 aliphatic carbocycles. The van der Waals surface area contributed by atoms with E-state index < -0.39 is 0 Å². The number of halogens is 1. The van der Waals surface area contributed by atoms with Gasteiger partial charge in [0.15, 0.2) is 0 Å². The molecule has 0 unspecified atom stereocenters. The van der Waals surface area contributed by atoms with Crippen molar-refractivity contribution >= 4 is 22.6 Å². The van der Waals surface area contributed by atoms with Crippen molar-refractivity contribution in [1.82, 2.24) is 25.4 Å². The van der Waals surface area contributed by atoms with Gasteiger partial charge in [-0.15, -0.1) is 0 Å². The smallest absolute Gasteiger partial charge is 0.135 e. The Bertz CT molecular complexity index is 794. The Hall–Kier alpha value is -1.92. The van der Waals surface area contributed by atoms with Gasteiger partial charge in [-0.25, -0.2) is 4.63 Å². The third-order valence-electron chi connectivity index (χ3n) is 3.71. The highest BCUT2D eigenvalue weighted by Gasteiger charge is 2.11. The Morgan fingerprint density at radius 3 is 2.77 bits per heavy atom. The standard InChI is InChI=1S/C15H18ClN5O/c1-9(8-21-11(3)15(16)10(2)18-21)17-7-12-4-5-13-14(6-12)20-22-19-13/h4-6,9,17H,7-8H2,1-3H3/t9-/m1/s1. The SMILES string of the molecule is Cc1nn(C[C@@H](C)NCc2ccc3nonc3c2)c(C)c1Cl. The minimum absolute atomic E-state index is 0.264. The molecule has 22 heavy (non-hydrogen) atoms. The van der Waals surface area contributed by atoms with E-state index in [9.17, 15) is 0 Å². The van der Waals surface area contributed by atoms with E-state index in [0.717, 1.165) is 46.1 Å². The highest BCUT2D eigenvalue weighted by atomic mass is 35.5. The first-order valence-electron chi connectivity index (χ1n) is 7.18. The van der Waals surface area contributed by atoms with Crippen molar-refractivity contribution < 1.29 is 4.63 Å². The summed E-state index contributed by atoms with van der Waals surface area (Å²) in [4.78, 5) is 0. The van der Waals surface area contributed by atoms with Gasteiger partial charge in [-0.05, 0) is 48.8 Å². The molecule has 1 aromatic carbocycles. The zero-order valence-electron chi connectivity index (χ0n) is 12.8. The largest absolute Gasteiger partial charge is 0.308 e. The molecule has 1 N–H and O–H groups in total. The van der Waals surface area contributed by atoms with Gasteiger partial charge in [-0.1, -0.05) is 17.7 Å². The predicted molar refractivity (Wildman–Crippen MR) is 84.8 cm³/mol. The first-order valence-corrected chi connectivity index (χ1v) is 7.56. The van der Waals surface area contributed by atoms with Crippen molar-refractivity contribution in [2.75, 3.05) is 0 Å². The molecule has 0 fully saturated rings. The Morgan fingerprint density at radius 1 is 1.27 bits per heavy atom. The average Bonchev–Trinajstić information content (AvgIpc) is 3.06. The summed E-state index contributed by atoms with van der Waals surface area (Å²) in [6, 6.07) is 6.17. The molecule has 1 atom stereocenters. The summed E-state index contributed by atoms with van der Waals surface area (Å²) < 4.78 is 6.65. The van der Waals surface area contributed by atoms with Gasteiger partial charge in [0, 0.05) is 12.6 Å². The summed E-state index contributed by atoms with van der Waals surface area (Å²) in [6.07, 6.45) is 0. The van der Waals surface area contributed by atoms with Crippen LogP contribution in [-0.4, -0.2) is 26.1 Å². The summed E-state index contributed by atoms with van der Waals surface area (Å²) in [6.45, 7) is 7.55. The third kappa shape index (κ3) is 2.98. The first-order chi connectivity index (χ1) is 10.5. The number of nitrogens with one attached hydrogen (secondary N) is 1. The van der Waals surface area contributed by atoms with Gasteiger partial charge in [0.25, 0.3) is 0 Å². The summed E-state index contributed by atoms with van der Waals surface area (Å²) in [5.41, 5.74) is 4.56. The van der Waals surface area contributed by atoms with Gasteiger partial charge in [-0.3, -0.25) is 4.68 Å². The van der Waals surface area contributed by atoms with E-state index in [1.165, 1.54) is 0 Å². The molecule has 0 saturated carbocycles. The number of aryl methyl sites for hydroxylation is 1. The van der Waals surface area contributed by atoms with Crippen molar-refractivity contribution in [2.45, 2.75) is 39.9 Å². The first kappa shape index (κ1) is 15.0. The fraction of sp³-hybridized carbons (Fsp3) is 0.400. The van der Waals surface area contributed by atoms with Gasteiger partial charge in [0.2, 0.25) is 0 Å². The molecule has 0 amide bonds. The zero-order chi connectivity index (χ0) is 15.7. The van der Waals surface area contributed by atoms with Crippen LogP contribution < -0.4 is 5.32 Å². The molecule has 0 radical (unpaired) electrons. The fourth-order valence-corrected chi connectivity index (χ4v) is 2.54. The maximum Gasteiger partial charge on any atom is 0.135 e. The molecule has 0 bridgehead atoms. The lowest BCUT2D eigenvalue weighted by atomic mass is 10.2. The Kier molecular flexibility index (Phi) is 4.13. The van der Waals surface area contributed by atoms with Crippen LogP contribution in [0.25, 0.3) is 11.0 Å². The molecular formula is C15H18ClN5O. The number of nitrogens with zero attached hydrogens (tertiary/aromatic N) is 4. The van der Waals surface area contributed by atoms with Gasteiger partial charge in [0.1, 0.15) is 11.0 Å². The molecule has 3 rings (SSSR count). The number of fused-ring (bicyclic) bond motifs is 1. The van der Waals surface area contributed by atoms with Crippen molar-refractivity contribution in [3.05, 3.63) is 40.2 Å². The minimum Gasteiger partial charge on any atom is -0.308 e. The lowest BCUT2D eigenvalue weighted by Gasteiger charge is -2.15. The van der Waals surface area contributed by atoms with Crippen LogP contribution in [0.5, 0.6) is 0 Å². The van der Waals surface area contributed by atoms with Crippen LogP contribution in [0.15, 0.2) is 22.8 Å². The van der Waals surface area contributed by atoms with E-state index in [1.807, 2.05) is 36.7 Å². The molecule has 6 nitrogen and oxygen atoms in total. The van der Waals surface area contributed by atoms with E-state index >= 15 is 0 Å². The maximum absolute atomic E-state index is 6.17. The van der Waals surface area contributed by atoms with Crippen LogP contribution in [0.2, 0.25) is 5.02 Å². The Balaban J connectivity index is 1.61. The van der Waals surface area contributed by atoms with E-state index in [4.69, 9.17) is 16.2 Å². The van der Waals surface area contributed by atoms with Gasteiger partial charge >= 0.3 is 0 Å². The molecule has 116 valence electrons. The molecule has 0 saturated heterocycles. The maximum atomic E-state index is 6.17. The molecular weight excluding hydrogens is 302 g/mol. The zero-order valence-corrected chi connectivity index (χ0v) is 13.6. The van der Waals surface area contributed by atoms with Crippen LogP contribution in [0.1, 0.15) is 23.9 Å². The molecule has 7 heteroatoms. The highest BCUT2D eigenvalue weighted by molar-refractivity contribution is 6.31. The van der Waals surface area contributed by atoms with E-state index in [0.29, 0.717) is 0 Å². The van der Waals surface area contributed by atoms with E-state index in [2.05, 4.69) is 27.7 Å². The Morgan fingerprint density at radius 2 is 2.05 bits per heavy atom. The summed E-state index contributed by atoms with van der Waals surface area (Å²) in [5.74, 6) is 0. The Labute approximate surface area is 133 Å². The van der Waals surface area contributed by atoms with Crippen LogP contribution in [0.3, 0.4) is 0 Å². The summed E-state index contributed by atoms with van der Waals surface area (Å²) in [5, 5.41) is 16.3. The van der Waals surface area contributed by atoms with Crippen molar-refractivity contribution in [1.29, 1.82) is 0 Å². The van der Waals surface area contributed by atoms with Crippen molar-refractivity contribution in [3.8, 4) is 0 Å². The number of hydrogen-bond donors (Lipinski definition) is 1. The lowest BCUT2D eigenvalue weighted by molar-refractivity contribution is 0.315. The second-order valence-electron chi connectivity index (χ2n) is 5.54. The number of aromatic nitrogens is 4. The van der Waals surface area contributed by atoms with Gasteiger partial charge in [-0.2, -0.15) is 5.10 Å². The average molecular weight is 320 g/mol. The van der Waals surface area contributed by atoms with Crippen molar-refractivity contribution in [2.24, 2.45) is 0 Å². The van der Waals surface area contributed by atoms with Crippen LogP contribution in [0.4, 0.5) is 0 Å². The second-order valence-corrected chi connectivity index (χ2v) is 5.91. The van der Waals surface area contributed by atoms with Gasteiger partial charge in [0.05, 0.1) is 23.0 Å². The molecule has 0 spiro atoms. The minimum atomic E-state index is 0.264. The van der Waals surface area contributed by atoms with Crippen LogP contribution in [0, 0.1) is 13.8 Å². The predicted octanol–water partition coefficient (Wildman–Crippen LogP) is 2.87. The molecule has 0 aliphatic heterocycles. The quantitative estimate of drug-likeness (QED) is 0.783. The fourth-order valence-electron chi connectivity index (χ4n) is 2.41. The topological polar surface area (TPSA) is 68.8 Å². The van der Waals surface area contributed by atoms with E-state index in [-0.39, 0.29) is 6.04 Å². The summed E-state index contributed by atoms with van der Waals surface area (Å²) in [7, 11) is 0. The summed E-state index contributed by atoms with van der Waals surface area (Å²) >= 11 is 6.17. The van der Waals surface area contributed by atoms with Crippen LogP contribution in [-0.2, 0) is 13.1 Å². The number of benzene rings is 1. The monoisotopic (exact) mass is 319 g/mol. The molecule has 3 aromatic rings.